The van der Waals surface area contributed by atoms with Gasteiger partial charge in [0.25, 0.3) is 0 Å². The van der Waals surface area contributed by atoms with E-state index in [1.807, 2.05) is 0 Å². The maximum atomic E-state index is 5.64. The molecule has 7 heavy (non-hydrogen) atoms. The molecule has 1 rings (SSSR count). The van der Waals surface area contributed by atoms with Gasteiger partial charge in [-0.3, -0.25) is 5.43 Å². The van der Waals surface area contributed by atoms with Crippen molar-refractivity contribution >= 4 is 11.6 Å². The topological polar surface area (TPSA) is 24.1 Å². The van der Waals surface area contributed by atoms with Crippen molar-refractivity contribution in [3.05, 3.63) is 0 Å². The standard InChI is InChI=1S/C4H9ClN2/c1-2-3-4(5)7-6-3/h3-4,6-7H,2H2,1H3/t3-,4?/m0/s1. The van der Waals surface area contributed by atoms with Crippen LogP contribution >= 0.6 is 11.6 Å². The first-order valence-electron chi connectivity index (χ1n) is 2.49. The molecule has 1 fully saturated rings. The predicted molar refractivity (Wildman–Crippen MR) is 30.0 cm³/mol. The Bertz CT molecular complexity index is 64.7. The van der Waals surface area contributed by atoms with Crippen molar-refractivity contribution < 1.29 is 0 Å². The molecule has 0 aromatic heterocycles. The van der Waals surface area contributed by atoms with Gasteiger partial charge in [0.2, 0.25) is 0 Å². The molecule has 1 saturated heterocycles. The van der Waals surface area contributed by atoms with Crippen LogP contribution in [0.5, 0.6) is 0 Å². The normalized spacial score (nSPS) is 40.3. The molecule has 0 radical (unpaired) electrons. The van der Waals surface area contributed by atoms with E-state index in [2.05, 4.69) is 17.8 Å². The molecule has 0 aromatic carbocycles. The van der Waals surface area contributed by atoms with Gasteiger partial charge in [-0.2, -0.15) is 0 Å². The summed E-state index contributed by atoms with van der Waals surface area (Å²) in [7, 11) is 0. The van der Waals surface area contributed by atoms with Gasteiger partial charge in [-0.1, -0.05) is 6.92 Å². The summed E-state index contributed by atoms with van der Waals surface area (Å²) in [4.78, 5) is 0. The third kappa shape index (κ3) is 0.876. The van der Waals surface area contributed by atoms with Gasteiger partial charge in [-0.25, -0.2) is 5.43 Å². The van der Waals surface area contributed by atoms with Crippen LogP contribution in [0.15, 0.2) is 0 Å². The fraction of sp³-hybridized carbons (Fsp3) is 1.00. The molecule has 3 heteroatoms. The second kappa shape index (κ2) is 1.99. The molecule has 0 amide bonds. The van der Waals surface area contributed by atoms with Gasteiger partial charge in [-0.05, 0) is 6.42 Å². The summed E-state index contributed by atoms with van der Waals surface area (Å²) in [6, 6.07) is 0.488. The average Bonchev–Trinajstić information content (AvgIpc) is 1.65. The highest BCUT2D eigenvalue weighted by Gasteiger charge is 2.24. The van der Waals surface area contributed by atoms with Crippen molar-refractivity contribution in [1.29, 1.82) is 0 Å². The summed E-state index contributed by atoms with van der Waals surface area (Å²) in [5, 5.41) is 0. The van der Waals surface area contributed by atoms with E-state index in [1.54, 1.807) is 0 Å². The van der Waals surface area contributed by atoms with E-state index in [-0.39, 0.29) is 5.50 Å². The zero-order valence-electron chi connectivity index (χ0n) is 4.24. The first-order valence-corrected chi connectivity index (χ1v) is 2.93. The molecular formula is C4H9ClN2. The summed E-state index contributed by atoms with van der Waals surface area (Å²) < 4.78 is 0. The second-order valence-corrected chi connectivity index (χ2v) is 2.18. The number of hydrogen-bond donors (Lipinski definition) is 2. The van der Waals surface area contributed by atoms with Crippen LogP contribution in [0.1, 0.15) is 13.3 Å². The first-order chi connectivity index (χ1) is 3.34. The van der Waals surface area contributed by atoms with E-state index >= 15 is 0 Å². The van der Waals surface area contributed by atoms with Crippen molar-refractivity contribution in [1.82, 2.24) is 10.9 Å². The third-order valence-corrected chi connectivity index (χ3v) is 1.61. The van der Waals surface area contributed by atoms with Crippen LogP contribution in [0.4, 0.5) is 0 Å². The summed E-state index contributed by atoms with van der Waals surface area (Å²) in [5.41, 5.74) is 5.95. The smallest absolute Gasteiger partial charge is 0.112 e. The fourth-order valence-electron chi connectivity index (χ4n) is 0.573. The Morgan fingerprint density at radius 1 is 1.57 bits per heavy atom. The van der Waals surface area contributed by atoms with Gasteiger partial charge in [-0.15, -0.1) is 11.6 Å². The summed E-state index contributed by atoms with van der Waals surface area (Å²) in [6.45, 7) is 2.11. The predicted octanol–water partition coefficient (Wildman–Crippen LogP) is 0.438. The minimum absolute atomic E-state index is 0.157. The van der Waals surface area contributed by atoms with E-state index < -0.39 is 0 Å². The molecule has 1 unspecified atom stereocenters. The molecule has 42 valence electrons. The van der Waals surface area contributed by atoms with Crippen LogP contribution in [0.25, 0.3) is 0 Å². The number of nitrogens with one attached hydrogen (secondary N) is 2. The van der Waals surface area contributed by atoms with Crippen LogP contribution in [0.3, 0.4) is 0 Å². The number of halogens is 1. The van der Waals surface area contributed by atoms with Crippen LogP contribution in [0.2, 0.25) is 0 Å². The zero-order chi connectivity index (χ0) is 5.28. The van der Waals surface area contributed by atoms with Gasteiger partial charge >= 0.3 is 0 Å². The summed E-state index contributed by atoms with van der Waals surface area (Å²) >= 11 is 5.64. The molecular weight excluding hydrogens is 112 g/mol. The quantitative estimate of drug-likeness (QED) is 0.388. The van der Waals surface area contributed by atoms with E-state index in [0.717, 1.165) is 6.42 Å². The van der Waals surface area contributed by atoms with Crippen LogP contribution in [-0.2, 0) is 0 Å². The lowest BCUT2D eigenvalue weighted by atomic mass is 10.2. The Balaban J connectivity index is 2.16. The van der Waals surface area contributed by atoms with E-state index in [1.165, 1.54) is 0 Å². The molecule has 2 N–H and O–H groups in total. The zero-order valence-corrected chi connectivity index (χ0v) is 5.00. The monoisotopic (exact) mass is 120 g/mol. The molecule has 0 aliphatic carbocycles. The van der Waals surface area contributed by atoms with Crippen molar-refractivity contribution in [3.63, 3.8) is 0 Å². The van der Waals surface area contributed by atoms with Gasteiger partial charge < -0.3 is 0 Å². The molecule has 2 nitrogen and oxygen atoms in total. The summed E-state index contributed by atoms with van der Waals surface area (Å²) in [5.74, 6) is 0. The Morgan fingerprint density at radius 3 is 2.29 bits per heavy atom. The van der Waals surface area contributed by atoms with E-state index in [4.69, 9.17) is 11.6 Å². The first kappa shape index (κ1) is 5.35. The number of alkyl halides is 1. The second-order valence-electron chi connectivity index (χ2n) is 1.71. The molecule has 2 atom stereocenters. The highest BCUT2D eigenvalue weighted by molar-refractivity contribution is 6.21. The maximum Gasteiger partial charge on any atom is 0.112 e. The fourth-order valence-corrected chi connectivity index (χ4v) is 0.877. The Morgan fingerprint density at radius 2 is 2.29 bits per heavy atom. The van der Waals surface area contributed by atoms with Gasteiger partial charge in [0.05, 0.1) is 6.04 Å². The van der Waals surface area contributed by atoms with Gasteiger partial charge in [0, 0.05) is 0 Å². The Hall–Kier alpha value is 0.210. The van der Waals surface area contributed by atoms with E-state index in [0.29, 0.717) is 6.04 Å². The molecule has 1 aliphatic heterocycles. The lowest BCUT2D eigenvalue weighted by Crippen LogP contribution is -2.64. The molecule has 1 aliphatic rings. The molecule has 0 bridgehead atoms. The SMILES string of the molecule is CC[C@@H]1NNC1Cl. The van der Waals surface area contributed by atoms with E-state index in [9.17, 15) is 0 Å². The molecule has 0 saturated carbocycles. The van der Waals surface area contributed by atoms with Crippen molar-refractivity contribution in [2.45, 2.75) is 24.9 Å². The van der Waals surface area contributed by atoms with Crippen molar-refractivity contribution in [2.24, 2.45) is 0 Å². The number of hydrogen-bond acceptors (Lipinski definition) is 2. The average molecular weight is 121 g/mol. The summed E-state index contributed by atoms with van der Waals surface area (Å²) in [6.07, 6.45) is 1.10. The van der Waals surface area contributed by atoms with Crippen molar-refractivity contribution in [3.8, 4) is 0 Å². The molecule has 1 heterocycles. The largest absolute Gasteiger partial charge is 0.250 e. The molecule has 0 aromatic rings. The maximum absolute atomic E-state index is 5.64. The minimum Gasteiger partial charge on any atom is -0.250 e. The minimum atomic E-state index is 0.157. The third-order valence-electron chi connectivity index (χ3n) is 1.20. The van der Waals surface area contributed by atoms with Gasteiger partial charge in [0.15, 0.2) is 0 Å². The van der Waals surface area contributed by atoms with Crippen molar-refractivity contribution in [2.75, 3.05) is 0 Å². The lowest BCUT2D eigenvalue weighted by Gasteiger charge is -2.33. The highest BCUT2D eigenvalue weighted by atomic mass is 35.5. The number of rotatable bonds is 1. The van der Waals surface area contributed by atoms with Crippen LogP contribution in [0, 0.1) is 0 Å². The lowest BCUT2D eigenvalue weighted by molar-refractivity contribution is 0.259. The van der Waals surface area contributed by atoms with Crippen LogP contribution < -0.4 is 10.9 Å². The molecule has 0 spiro atoms. The van der Waals surface area contributed by atoms with Crippen LogP contribution in [-0.4, -0.2) is 11.5 Å². The number of hydrazine groups is 1. The Kier molecular flexibility index (Phi) is 1.52. The Labute approximate surface area is 48.2 Å². The van der Waals surface area contributed by atoms with Gasteiger partial charge in [0.1, 0.15) is 5.50 Å². The highest BCUT2D eigenvalue weighted by Crippen LogP contribution is 2.08.